The van der Waals surface area contributed by atoms with Crippen molar-refractivity contribution in [1.82, 2.24) is 4.31 Å². The van der Waals surface area contributed by atoms with E-state index in [1.54, 1.807) is 6.08 Å². The van der Waals surface area contributed by atoms with Gasteiger partial charge < -0.3 is 20.1 Å². The third-order valence-corrected chi connectivity index (χ3v) is 7.08. The van der Waals surface area contributed by atoms with E-state index >= 15 is 0 Å². The van der Waals surface area contributed by atoms with Gasteiger partial charge in [-0.1, -0.05) is 50.5 Å². The van der Waals surface area contributed by atoms with Crippen molar-refractivity contribution >= 4 is 21.9 Å². The number of esters is 1. The van der Waals surface area contributed by atoms with Crippen LogP contribution in [0.1, 0.15) is 71.6 Å². The first kappa shape index (κ1) is 30.3. The number of hydrogen-bond acceptors (Lipinski definition) is 8. The number of nitrogens with zero attached hydrogens (tertiary/aromatic N) is 1. The first-order chi connectivity index (χ1) is 16.0. The fourth-order valence-corrected chi connectivity index (χ4v) is 4.74. The summed E-state index contributed by atoms with van der Waals surface area (Å²) in [6.45, 7) is 2.60. The standard InChI is InChI=1S/C24H41NO8S/c1-4-5-8-11-19(27)14-15-21-20(22(28)16-23(21)29)12-9-6-7-10-13-24(30)25(34(3,31)32)17-33-18(2)26/h6,9,14-15,19-23,27-29H,4-5,7-8,10-13,16-17H2,1-3H3/t19-,20+,21+,22-,23+/m0/s1. The second-order valence-electron chi connectivity index (χ2n) is 8.93. The molecule has 0 bridgehead atoms. The minimum Gasteiger partial charge on any atom is -0.443 e. The van der Waals surface area contributed by atoms with Gasteiger partial charge in [0.2, 0.25) is 15.9 Å². The van der Waals surface area contributed by atoms with Gasteiger partial charge in [-0.2, -0.15) is 0 Å². The maximum atomic E-state index is 12.2. The van der Waals surface area contributed by atoms with E-state index in [4.69, 9.17) is 0 Å². The summed E-state index contributed by atoms with van der Waals surface area (Å²) in [5.41, 5.74) is 0. The Morgan fingerprint density at radius 2 is 1.85 bits per heavy atom. The third-order valence-electron chi connectivity index (χ3n) is 5.97. The summed E-state index contributed by atoms with van der Waals surface area (Å²) in [6, 6.07) is 0. The molecule has 0 saturated heterocycles. The van der Waals surface area contributed by atoms with Gasteiger partial charge in [0.1, 0.15) is 0 Å². The van der Waals surface area contributed by atoms with Crippen molar-refractivity contribution in [3.8, 4) is 0 Å². The molecule has 0 aromatic rings. The van der Waals surface area contributed by atoms with Gasteiger partial charge in [-0.05, 0) is 31.6 Å². The van der Waals surface area contributed by atoms with Crippen molar-refractivity contribution in [2.24, 2.45) is 11.8 Å². The number of sulfonamides is 1. The molecule has 1 rings (SSSR count). The smallest absolute Gasteiger partial charge is 0.304 e. The van der Waals surface area contributed by atoms with E-state index in [9.17, 15) is 33.3 Å². The molecular formula is C24H41NO8S. The number of unbranched alkanes of at least 4 members (excludes halogenated alkanes) is 3. The van der Waals surface area contributed by atoms with Crippen LogP contribution in [0, 0.1) is 11.8 Å². The van der Waals surface area contributed by atoms with Gasteiger partial charge in [0, 0.05) is 25.7 Å². The largest absolute Gasteiger partial charge is 0.443 e. The van der Waals surface area contributed by atoms with Crippen molar-refractivity contribution in [3.05, 3.63) is 24.3 Å². The summed E-state index contributed by atoms with van der Waals surface area (Å²) >= 11 is 0. The summed E-state index contributed by atoms with van der Waals surface area (Å²) in [4.78, 5) is 23.1. The molecule has 0 aromatic carbocycles. The number of aliphatic hydroxyl groups is 3. The van der Waals surface area contributed by atoms with Gasteiger partial charge in [0.25, 0.3) is 0 Å². The number of hydrogen-bond donors (Lipinski definition) is 3. The fraction of sp³-hybridized carbons (Fsp3) is 0.750. The van der Waals surface area contributed by atoms with Crippen LogP contribution in [0.2, 0.25) is 0 Å². The highest BCUT2D eigenvalue weighted by Crippen LogP contribution is 2.36. The average molecular weight is 504 g/mol. The Morgan fingerprint density at radius 3 is 2.47 bits per heavy atom. The Balaban J connectivity index is 2.52. The first-order valence-corrected chi connectivity index (χ1v) is 13.8. The van der Waals surface area contributed by atoms with Crippen molar-refractivity contribution in [1.29, 1.82) is 0 Å². The molecule has 1 fully saturated rings. The van der Waals surface area contributed by atoms with E-state index in [0.717, 1.165) is 32.4 Å². The molecule has 10 heteroatoms. The van der Waals surface area contributed by atoms with E-state index in [0.29, 0.717) is 30.0 Å². The first-order valence-electron chi connectivity index (χ1n) is 12.0. The molecule has 0 aliphatic heterocycles. The Hall–Kier alpha value is -1.75. The number of carbonyl (C=O) groups is 2. The second-order valence-corrected chi connectivity index (χ2v) is 10.8. The van der Waals surface area contributed by atoms with Gasteiger partial charge in [-0.3, -0.25) is 9.59 Å². The number of rotatable bonds is 15. The lowest BCUT2D eigenvalue weighted by molar-refractivity contribution is -0.146. The molecule has 1 amide bonds. The number of carbonyl (C=O) groups excluding carboxylic acids is 2. The highest BCUT2D eigenvalue weighted by atomic mass is 32.2. The summed E-state index contributed by atoms with van der Waals surface area (Å²) in [6.07, 6.45) is 11.8. The van der Waals surface area contributed by atoms with Crippen molar-refractivity contribution in [2.45, 2.75) is 89.9 Å². The van der Waals surface area contributed by atoms with E-state index in [1.807, 2.05) is 18.2 Å². The van der Waals surface area contributed by atoms with Crippen LogP contribution in [0.25, 0.3) is 0 Å². The molecule has 0 aromatic heterocycles. The maximum Gasteiger partial charge on any atom is 0.304 e. The molecule has 0 radical (unpaired) electrons. The summed E-state index contributed by atoms with van der Waals surface area (Å²) in [7, 11) is -3.84. The number of amides is 1. The third kappa shape index (κ3) is 11.1. The van der Waals surface area contributed by atoms with Gasteiger partial charge in [0.15, 0.2) is 6.73 Å². The van der Waals surface area contributed by atoms with Crippen LogP contribution >= 0.6 is 0 Å². The second kappa shape index (κ2) is 15.3. The molecule has 196 valence electrons. The highest BCUT2D eigenvalue weighted by molar-refractivity contribution is 7.88. The normalized spacial score (nSPS) is 24.1. The molecule has 5 atom stereocenters. The predicted molar refractivity (Wildman–Crippen MR) is 129 cm³/mol. The molecule has 0 spiro atoms. The Bertz CT molecular complexity index is 795. The zero-order valence-electron chi connectivity index (χ0n) is 20.5. The lowest BCUT2D eigenvalue weighted by Gasteiger charge is -2.20. The lowest BCUT2D eigenvalue weighted by atomic mass is 9.89. The zero-order chi connectivity index (χ0) is 25.7. The summed E-state index contributed by atoms with van der Waals surface area (Å²) < 4.78 is 28.7. The van der Waals surface area contributed by atoms with Crippen LogP contribution < -0.4 is 0 Å². The number of ether oxygens (including phenoxy) is 1. The van der Waals surface area contributed by atoms with Crippen molar-refractivity contribution < 1.29 is 38.1 Å². The molecule has 9 nitrogen and oxygen atoms in total. The van der Waals surface area contributed by atoms with E-state index < -0.39 is 46.9 Å². The van der Waals surface area contributed by atoms with Crippen molar-refractivity contribution in [2.75, 3.05) is 13.0 Å². The van der Waals surface area contributed by atoms with E-state index in [-0.39, 0.29) is 24.7 Å². The van der Waals surface area contributed by atoms with Crippen LogP contribution in [0.5, 0.6) is 0 Å². The Kier molecular flexibility index (Phi) is 13.6. The van der Waals surface area contributed by atoms with Gasteiger partial charge in [0.05, 0.1) is 24.6 Å². The summed E-state index contributed by atoms with van der Waals surface area (Å²) in [5.74, 6) is -1.74. The predicted octanol–water partition coefficient (Wildman–Crippen LogP) is 2.27. The molecule has 1 aliphatic carbocycles. The van der Waals surface area contributed by atoms with E-state index in [1.165, 1.54) is 0 Å². The van der Waals surface area contributed by atoms with E-state index in [2.05, 4.69) is 11.7 Å². The van der Waals surface area contributed by atoms with Crippen LogP contribution in [0.3, 0.4) is 0 Å². The minimum atomic E-state index is -3.84. The number of allylic oxidation sites excluding steroid dienone is 2. The van der Waals surface area contributed by atoms with Crippen LogP contribution in [-0.4, -0.2) is 71.2 Å². The highest BCUT2D eigenvalue weighted by Gasteiger charge is 2.39. The van der Waals surface area contributed by atoms with Gasteiger partial charge >= 0.3 is 5.97 Å². The minimum absolute atomic E-state index is 0.0231. The van der Waals surface area contributed by atoms with Gasteiger partial charge in [-0.15, -0.1) is 0 Å². The van der Waals surface area contributed by atoms with Crippen LogP contribution in [0.15, 0.2) is 24.3 Å². The number of aliphatic hydroxyl groups excluding tert-OH is 3. The molecule has 1 aliphatic rings. The molecule has 1 saturated carbocycles. The van der Waals surface area contributed by atoms with Gasteiger partial charge in [-0.25, -0.2) is 12.7 Å². The molecule has 3 N–H and O–H groups in total. The van der Waals surface area contributed by atoms with Crippen molar-refractivity contribution in [3.63, 3.8) is 0 Å². The zero-order valence-corrected chi connectivity index (χ0v) is 21.3. The Labute approximate surface area is 203 Å². The summed E-state index contributed by atoms with van der Waals surface area (Å²) in [5, 5.41) is 30.8. The lowest BCUT2D eigenvalue weighted by Crippen LogP contribution is -2.38. The molecular weight excluding hydrogens is 462 g/mol. The SMILES string of the molecule is CCCCC[C@H](O)C=C[C@@H]1[C@@H](CC=CCCCC(=O)N(COC(C)=O)S(C)(=O)=O)[C@@H](O)C[C@H]1O. The fourth-order valence-electron chi connectivity index (χ4n) is 4.03. The molecule has 0 unspecified atom stereocenters. The average Bonchev–Trinajstić information content (AvgIpc) is 3.00. The van der Waals surface area contributed by atoms with Crippen LogP contribution in [0.4, 0.5) is 0 Å². The molecule has 34 heavy (non-hydrogen) atoms. The maximum absolute atomic E-state index is 12.2. The topological polar surface area (TPSA) is 141 Å². The Morgan fingerprint density at radius 1 is 1.15 bits per heavy atom. The quantitative estimate of drug-likeness (QED) is 0.134. The monoisotopic (exact) mass is 503 g/mol. The molecule has 0 heterocycles. The van der Waals surface area contributed by atoms with Crippen LogP contribution in [-0.2, 0) is 24.3 Å².